The Morgan fingerprint density at radius 3 is 1.90 bits per heavy atom. The van der Waals surface area contributed by atoms with Gasteiger partial charge in [0, 0.05) is 0 Å². The Morgan fingerprint density at radius 2 is 1.34 bits per heavy atom. The van der Waals surface area contributed by atoms with Crippen molar-refractivity contribution >= 4 is 28.9 Å². The van der Waals surface area contributed by atoms with Gasteiger partial charge in [-0.05, 0) is 156 Å². The number of unbranched alkanes of at least 4 members (excludes halogenated alkanes) is 4. The Labute approximate surface area is 405 Å². The molecule has 0 aliphatic carbocycles. The summed E-state index contributed by atoms with van der Waals surface area (Å²) >= 11 is 0. The Hall–Kier alpha value is -3.95. The molecule has 376 valence electrons. The van der Waals surface area contributed by atoms with E-state index in [0.717, 1.165) is 105 Å². The number of fused-ring (bicyclic) bond motifs is 3. The van der Waals surface area contributed by atoms with E-state index < -0.39 is 39.4 Å². The third kappa shape index (κ3) is 14.1. The van der Waals surface area contributed by atoms with E-state index in [1.807, 2.05) is 52.0 Å². The number of nitrogens with zero attached hydrogens (tertiary/aromatic N) is 3. The number of aromatic nitrogens is 3. The predicted octanol–water partition coefficient (Wildman–Crippen LogP) is 14.3. The fraction of sp³-hybridized carbons (Fsp3) is 0.737. The Bertz CT molecular complexity index is 2000. The van der Waals surface area contributed by atoms with Crippen LogP contribution < -0.4 is 4.74 Å². The monoisotopic (exact) mass is 930 g/mol. The van der Waals surface area contributed by atoms with Gasteiger partial charge in [-0.1, -0.05) is 119 Å². The van der Waals surface area contributed by atoms with E-state index in [9.17, 15) is 9.59 Å². The van der Waals surface area contributed by atoms with Gasteiger partial charge in [0.1, 0.15) is 22.5 Å². The number of carbonyl (C=O) groups excluding carboxylic acids is 3. The average molecular weight is 930 g/mol. The molecule has 0 spiro atoms. The molecule has 2 heterocycles. The summed E-state index contributed by atoms with van der Waals surface area (Å²) in [6, 6.07) is 12.2. The minimum Gasteiger partial charge on any atom is -0.491 e. The second kappa shape index (κ2) is 25.1. The van der Waals surface area contributed by atoms with Gasteiger partial charge < -0.3 is 18.9 Å². The molecular formula is C57H91N3O7. The summed E-state index contributed by atoms with van der Waals surface area (Å²) in [4.78, 5) is 46.9. The number of hydrogen-bond donors (Lipinski definition) is 0. The fourth-order valence-electron chi connectivity index (χ4n) is 11.3. The van der Waals surface area contributed by atoms with Crippen molar-refractivity contribution in [3.63, 3.8) is 0 Å². The molecule has 0 radical (unpaired) electrons. The van der Waals surface area contributed by atoms with E-state index >= 15 is 4.79 Å². The summed E-state index contributed by atoms with van der Waals surface area (Å²) in [5.41, 5.74) is 2.40. The second-order valence-corrected chi connectivity index (χ2v) is 22.1. The first kappa shape index (κ1) is 55.6. The highest BCUT2D eigenvalue weighted by molar-refractivity contribution is 5.84. The lowest BCUT2D eigenvalue weighted by molar-refractivity contribution is -0.189. The smallest absolute Gasteiger partial charge is 0.310 e. The van der Waals surface area contributed by atoms with Crippen LogP contribution in [0.25, 0.3) is 16.7 Å². The van der Waals surface area contributed by atoms with Gasteiger partial charge in [0.15, 0.2) is 0 Å². The van der Waals surface area contributed by atoms with Crippen molar-refractivity contribution < 1.29 is 33.3 Å². The minimum atomic E-state index is -0.834. The summed E-state index contributed by atoms with van der Waals surface area (Å²) in [6.45, 7) is 30.3. The molecule has 1 aliphatic rings. The Morgan fingerprint density at radius 1 is 0.776 bits per heavy atom. The molecule has 5 atom stereocenters. The fourth-order valence-corrected chi connectivity index (χ4v) is 11.3. The largest absolute Gasteiger partial charge is 0.491 e. The topological polar surface area (TPSA) is 119 Å². The van der Waals surface area contributed by atoms with Crippen LogP contribution in [0, 0.1) is 46.3 Å². The predicted molar refractivity (Wildman–Crippen MR) is 271 cm³/mol. The molecule has 3 aromatic rings. The molecule has 0 fully saturated rings. The Kier molecular flexibility index (Phi) is 20.8. The van der Waals surface area contributed by atoms with Crippen molar-refractivity contribution in [2.24, 2.45) is 39.4 Å². The van der Waals surface area contributed by atoms with Crippen LogP contribution in [-0.2, 0) is 35.0 Å². The number of cyclic esters (lactones) is 1. The van der Waals surface area contributed by atoms with Crippen molar-refractivity contribution in [1.29, 1.82) is 0 Å². The van der Waals surface area contributed by atoms with Crippen LogP contribution in [0.2, 0.25) is 0 Å². The van der Waals surface area contributed by atoms with E-state index in [-0.39, 0.29) is 36.7 Å². The SMILES string of the molecule is CCCCCC(C)(C)C1CC(CC)(C(C)(CC)C(C(=O)OC(C)C)C(C(=O)OC(C)C)C(C)(C)CCCCC)CCCCc2cc(c(-n3nc4ccccc4n3)cc2C)OCCCCOC1=O. The molecule has 4 rings (SSSR count). The summed E-state index contributed by atoms with van der Waals surface area (Å²) < 4.78 is 25.4. The highest BCUT2D eigenvalue weighted by Gasteiger charge is 2.61. The van der Waals surface area contributed by atoms with E-state index in [2.05, 4.69) is 81.4 Å². The second-order valence-electron chi connectivity index (χ2n) is 22.1. The van der Waals surface area contributed by atoms with Crippen LogP contribution in [0.3, 0.4) is 0 Å². The molecule has 10 heteroatoms. The molecule has 5 unspecified atom stereocenters. The first-order valence-electron chi connectivity index (χ1n) is 26.4. The van der Waals surface area contributed by atoms with Crippen LogP contribution in [0.5, 0.6) is 5.75 Å². The molecule has 0 saturated carbocycles. The first-order chi connectivity index (χ1) is 31.7. The molecule has 67 heavy (non-hydrogen) atoms. The highest BCUT2D eigenvalue weighted by atomic mass is 16.6. The number of aryl methyl sites for hydroxylation is 2. The van der Waals surface area contributed by atoms with Crippen LogP contribution in [0.4, 0.5) is 0 Å². The molecule has 0 N–H and O–H groups in total. The van der Waals surface area contributed by atoms with Crippen LogP contribution in [-0.4, -0.2) is 58.3 Å². The summed E-state index contributed by atoms with van der Waals surface area (Å²) in [5.74, 6) is -2.21. The number of rotatable bonds is 20. The summed E-state index contributed by atoms with van der Waals surface area (Å²) in [7, 11) is 0. The Balaban J connectivity index is 1.94. The zero-order valence-electron chi connectivity index (χ0n) is 44.5. The molecule has 1 aromatic heterocycles. The van der Waals surface area contributed by atoms with E-state index in [4.69, 9.17) is 29.1 Å². The highest BCUT2D eigenvalue weighted by Crippen LogP contribution is 2.62. The lowest BCUT2D eigenvalue weighted by Crippen LogP contribution is -2.57. The maximum Gasteiger partial charge on any atom is 0.310 e. The zero-order valence-corrected chi connectivity index (χ0v) is 44.5. The summed E-state index contributed by atoms with van der Waals surface area (Å²) in [5, 5.41) is 9.62. The van der Waals surface area contributed by atoms with Gasteiger partial charge in [-0.3, -0.25) is 14.4 Å². The number of carbonyl (C=O) groups is 3. The number of benzene rings is 2. The van der Waals surface area contributed by atoms with E-state index in [1.54, 1.807) is 4.80 Å². The number of hydrogen-bond acceptors (Lipinski definition) is 9. The number of esters is 3. The van der Waals surface area contributed by atoms with Crippen molar-refractivity contribution in [2.45, 2.75) is 218 Å². The van der Waals surface area contributed by atoms with E-state index in [0.29, 0.717) is 38.7 Å². The lowest BCUT2D eigenvalue weighted by atomic mass is 9.46. The third-order valence-corrected chi connectivity index (χ3v) is 15.7. The quantitative estimate of drug-likeness (QED) is 0.0620. The lowest BCUT2D eigenvalue weighted by Gasteiger charge is -2.57. The first-order valence-corrected chi connectivity index (χ1v) is 26.4. The van der Waals surface area contributed by atoms with Crippen molar-refractivity contribution in [3.05, 3.63) is 47.5 Å². The van der Waals surface area contributed by atoms with Gasteiger partial charge in [-0.15, -0.1) is 15.0 Å². The van der Waals surface area contributed by atoms with Gasteiger partial charge in [-0.25, -0.2) is 0 Å². The molecule has 1 aliphatic heterocycles. The molecular weight excluding hydrogens is 839 g/mol. The van der Waals surface area contributed by atoms with Gasteiger partial charge in [-0.2, -0.15) is 0 Å². The minimum absolute atomic E-state index is 0.179. The van der Waals surface area contributed by atoms with Crippen LogP contribution in [0.15, 0.2) is 36.4 Å². The standard InChI is InChI=1S/C57H91N3O7/c1-15-19-24-32-54(10,11)44-39-57(18-4,56(14,17-3)50(53(63)67-41(7)8)49(52(62)66-40(5)6)55(12,13)33-25-20-16-2)34-26-23-29-43-38-48(64-35-27-28-36-65-51(44)61)47(37-42(43)9)60-58-45-30-21-22-31-46(45)59-60/h21-22,30-31,37-38,40-41,44,49-50H,15-20,23-29,32-36,39H2,1-14H3. The molecule has 10 nitrogen and oxygen atoms in total. The maximum absolute atomic E-state index is 15.3. The van der Waals surface area contributed by atoms with Crippen molar-refractivity contribution in [1.82, 2.24) is 15.0 Å². The average Bonchev–Trinajstić information content (AvgIpc) is 3.70. The van der Waals surface area contributed by atoms with Crippen molar-refractivity contribution in [2.75, 3.05) is 13.2 Å². The van der Waals surface area contributed by atoms with Crippen LogP contribution in [0.1, 0.15) is 204 Å². The molecule has 0 saturated heterocycles. The summed E-state index contributed by atoms with van der Waals surface area (Å²) in [6.07, 6.45) is 13.6. The molecule has 0 amide bonds. The maximum atomic E-state index is 15.3. The van der Waals surface area contributed by atoms with Crippen LogP contribution >= 0.6 is 0 Å². The van der Waals surface area contributed by atoms with Gasteiger partial charge in [0.05, 0.1) is 43.2 Å². The van der Waals surface area contributed by atoms with E-state index in [1.165, 1.54) is 5.56 Å². The van der Waals surface area contributed by atoms with Gasteiger partial charge in [0.25, 0.3) is 0 Å². The normalized spacial score (nSPS) is 20.1. The van der Waals surface area contributed by atoms with Gasteiger partial charge >= 0.3 is 17.9 Å². The van der Waals surface area contributed by atoms with Gasteiger partial charge in [0.2, 0.25) is 0 Å². The zero-order chi connectivity index (χ0) is 49.6. The van der Waals surface area contributed by atoms with Crippen molar-refractivity contribution in [3.8, 4) is 11.4 Å². The molecule has 2 bridgehead atoms. The third-order valence-electron chi connectivity index (χ3n) is 15.7. The number of ether oxygens (including phenoxy) is 4. The molecule has 2 aromatic carbocycles.